The zero-order valence-electron chi connectivity index (χ0n) is 6.68. The van der Waals surface area contributed by atoms with Crippen LogP contribution in [-0.4, -0.2) is 0 Å². The number of aryl methyl sites for hydroxylation is 1. The minimum atomic E-state index is 0.686. The molecule has 2 nitrogen and oxygen atoms in total. The van der Waals surface area contributed by atoms with Crippen molar-refractivity contribution in [2.45, 2.75) is 18.7 Å². The van der Waals surface area contributed by atoms with E-state index in [1.165, 1.54) is 0 Å². The highest BCUT2D eigenvalue weighted by atomic mass is 32.1. The molecule has 11 heavy (non-hydrogen) atoms. The van der Waals surface area contributed by atoms with Crippen LogP contribution in [0.3, 0.4) is 0 Å². The predicted octanol–water partition coefficient (Wildman–Crippen LogP) is 1.76. The Morgan fingerprint density at radius 2 is 1.82 bits per heavy atom. The normalized spacial score (nSPS) is 10.1. The lowest BCUT2D eigenvalue weighted by molar-refractivity contribution is 1.28. The number of thiol groups is 1. The number of hydrogen-bond acceptors (Lipinski definition) is 3. The molecule has 0 unspecified atom stereocenters. The van der Waals surface area contributed by atoms with Crippen molar-refractivity contribution in [2.75, 3.05) is 11.5 Å². The Morgan fingerprint density at radius 1 is 1.27 bits per heavy atom. The molecule has 0 aliphatic carbocycles. The average Bonchev–Trinajstić information content (AvgIpc) is 1.97. The Labute approximate surface area is 72.0 Å². The molecule has 0 amide bonds. The van der Waals surface area contributed by atoms with Crippen LogP contribution in [-0.2, 0) is 0 Å². The smallest absolute Gasteiger partial charge is 0.0502 e. The van der Waals surface area contributed by atoms with Crippen LogP contribution in [0.5, 0.6) is 0 Å². The van der Waals surface area contributed by atoms with E-state index >= 15 is 0 Å². The van der Waals surface area contributed by atoms with Crippen molar-refractivity contribution in [1.82, 2.24) is 0 Å². The molecule has 3 heteroatoms. The molecular weight excluding hydrogens is 156 g/mol. The topological polar surface area (TPSA) is 52.0 Å². The number of anilines is 2. The summed E-state index contributed by atoms with van der Waals surface area (Å²) in [5.74, 6) is 0. The third kappa shape index (κ3) is 1.28. The number of benzene rings is 1. The standard InChI is InChI=1S/C8H12N2S/c1-4-3-6(9)5(2)7(10)8(4)11/h3,11H,9-10H2,1-2H3. The Hall–Kier alpha value is -0.830. The second kappa shape index (κ2) is 2.66. The lowest BCUT2D eigenvalue weighted by atomic mass is 10.1. The Balaban J connectivity index is 3.46. The van der Waals surface area contributed by atoms with Gasteiger partial charge in [0.1, 0.15) is 0 Å². The van der Waals surface area contributed by atoms with Gasteiger partial charge < -0.3 is 11.5 Å². The fourth-order valence-electron chi connectivity index (χ4n) is 0.955. The quantitative estimate of drug-likeness (QED) is 0.408. The van der Waals surface area contributed by atoms with Crippen molar-refractivity contribution in [3.8, 4) is 0 Å². The summed E-state index contributed by atoms with van der Waals surface area (Å²) in [5, 5.41) is 0. The van der Waals surface area contributed by atoms with Gasteiger partial charge in [0.2, 0.25) is 0 Å². The summed E-state index contributed by atoms with van der Waals surface area (Å²) in [6, 6.07) is 1.88. The summed E-state index contributed by atoms with van der Waals surface area (Å²) in [6.07, 6.45) is 0. The molecule has 0 spiro atoms. The molecule has 0 fully saturated rings. The summed E-state index contributed by atoms with van der Waals surface area (Å²) in [5.41, 5.74) is 14.8. The molecule has 4 N–H and O–H groups in total. The van der Waals surface area contributed by atoms with E-state index in [0.717, 1.165) is 21.7 Å². The van der Waals surface area contributed by atoms with Crippen molar-refractivity contribution >= 4 is 24.0 Å². The fourth-order valence-corrected chi connectivity index (χ4v) is 1.19. The first-order chi connectivity index (χ1) is 5.04. The molecule has 0 saturated heterocycles. The third-order valence-corrected chi connectivity index (χ3v) is 2.43. The first-order valence-corrected chi connectivity index (χ1v) is 3.83. The van der Waals surface area contributed by atoms with E-state index in [-0.39, 0.29) is 0 Å². The van der Waals surface area contributed by atoms with Gasteiger partial charge in [0, 0.05) is 10.6 Å². The maximum absolute atomic E-state index is 5.73. The van der Waals surface area contributed by atoms with Crippen molar-refractivity contribution < 1.29 is 0 Å². The summed E-state index contributed by atoms with van der Waals surface area (Å²) < 4.78 is 0. The van der Waals surface area contributed by atoms with Gasteiger partial charge in [-0.15, -0.1) is 12.6 Å². The lowest BCUT2D eigenvalue weighted by Crippen LogP contribution is -1.98. The van der Waals surface area contributed by atoms with E-state index in [0.29, 0.717) is 5.69 Å². The van der Waals surface area contributed by atoms with Crippen LogP contribution in [0, 0.1) is 13.8 Å². The van der Waals surface area contributed by atoms with E-state index in [1.54, 1.807) is 0 Å². The van der Waals surface area contributed by atoms with E-state index in [9.17, 15) is 0 Å². The second-order valence-corrected chi connectivity index (χ2v) is 3.12. The zero-order valence-corrected chi connectivity index (χ0v) is 7.57. The van der Waals surface area contributed by atoms with Crippen molar-refractivity contribution in [3.63, 3.8) is 0 Å². The van der Waals surface area contributed by atoms with Crippen LogP contribution in [0.4, 0.5) is 11.4 Å². The lowest BCUT2D eigenvalue weighted by Gasteiger charge is -2.09. The minimum Gasteiger partial charge on any atom is -0.398 e. The minimum absolute atomic E-state index is 0.686. The fraction of sp³-hybridized carbons (Fsp3) is 0.250. The predicted molar refractivity (Wildman–Crippen MR) is 52.0 cm³/mol. The van der Waals surface area contributed by atoms with Crippen LogP contribution < -0.4 is 11.5 Å². The van der Waals surface area contributed by atoms with Crippen molar-refractivity contribution in [2.24, 2.45) is 0 Å². The molecule has 0 heterocycles. The number of rotatable bonds is 0. The molecule has 0 bridgehead atoms. The Kier molecular flexibility index (Phi) is 2.00. The van der Waals surface area contributed by atoms with Crippen LogP contribution in [0.1, 0.15) is 11.1 Å². The molecule has 0 aliphatic rings. The molecule has 60 valence electrons. The summed E-state index contributed by atoms with van der Waals surface area (Å²) in [4.78, 5) is 0.830. The van der Waals surface area contributed by atoms with Crippen molar-refractivity contribution in [1.29, 1.82) is 0 Å². The molecular formula is C8H12N2S. The number of nitrogen functional groups attached to an aromatic ring is 2. The van der Waals surface area contributed by atoms with Gasteiger partial charge in [0.05, 0.1) is 5.69 Å². The summed E-state index contributed by atoms with van der Waals surface area (Å²) >= 11 is 4.25. The highest BCUT2D eigenvalue weighted by Crippen LogP contribution is 2.28. The first kappa shape index (κ1) is 8.27. The molecule has 0 saturated carbocycles. The van der Waals surface area contributed by atoms with Crippen LogP contribution in [0.15, 0.2) is 11.0 Å². The van der Waals surface area contributed by atoms with Gasteiger partial charge >= 0.3 is 0 Å². The van der Waals surface area contributed by atoms with Gasteiger partial charge in [-0.1, -0.05) is 0 Å². The molecule has 1 rings (SSSR count). The molecule has 0 radical (unpaired) electrons. The maximum atomic E-state index is 5.73. The molecule has 1 aromatic rings. The van der Waals surface area contributed by atoms with E-state index in [2.05, 4.69) is 12.6 Å². The zero-order chi connectivity index (χ0) is 8.59. The van der Waals surface area contributed by atoms with Gasteiger partial charge in [-0.25, -0.2) is 0 Å². The second-order valence-electron chi connectivity index (χ2n) is 2.67. The maximum Gasteiger partial charge on any atom is 0.0502 e. The molecule has 0 aliphatic heterocycles. The highest BCUT2D eigenvalue weighted by Gasteiger charge is 2.04. The van der Waals surface area contributed by atoms with Gasteiger partial charge in [-0.2, -0.15) is 0 Å². The highest BCUT2D eigenvalue weighted by molar-refractivity contribution is 7.80. The summed E-state index contributed by atoms with van der Waals surface area (Å²) in [6.45, 7) is 3.83. The summed E-state index contributed by atoms with van der Waals surface area (Å²) in [7, 11) is 0. The molecule has 0 atom stereocenters. The van der Waals surface area contributed by atoms with E-state index in [4.69, 9.17) is 11.5 Å². The Morgan fingerprint density at radius 3 is 2.36 bits per heavy atom. The van der Waals surface area contributed by atoms with Crippen LogP contribution in [0.25, 0.3) is 0 Å². The number of nitrogens with two attached hydrogens (primary N) is 2. The van der Waals surface area contributed by atoms with Crippen LogP contribution in [0.2, 0.25) is 0 Å². The monoisotopic (exact) mass is 168 g/mol. The Bertz CT molecular complexity index is 268. The van der Waals surface area contributed by atoms with E-state index in [1.807, 2.05) is 19.9 Å². The van der Waals surface area contributed by atoms with Crippen molar-refractivity contribution in [3.05, 3.63) is 17.2 Å². The van der Waals surface area contributed by atoms with Gasteiger partial charge in [-0.3, -0.25) is 0 Å². The molecule has 1 aromatic carbocycles. The molecule has 0 aromatic heterocycles. The van der Waals surface area contributed by atoms with Gasteiger partial charge in [-0.05, 0) is 31.0 Å². The van der Waals surface area contributed by atoms with Crippen LogP contribution >= 0.6 is 12.6 Å². The average molecular weight is 168 g/mol. The first-order valence-electron chi connectivity index (χ1n) is 3.38. The van der Waals surface area contributed by atoms with Gasteiger partial charge in [0.15, 0.2) is 0 Å². The third-order valence-electron chi connectivity index (χ3n) is 1.84. The largest absolute Gasteiger partial charge is 0.398 e. The van der Waals surface area contributed by atoms with E-state index < -0.39 is 0 Å². The number of hydrogen-bond donors (Lipinski definition) is 3. The van der Waals surface area contributed by atoms with Gasteiger partial charge in [0.25, 0.3) is 0 Å². The SMILES string of the molecule is Cc1cc(N)c(C)c(N)c1S.